The third-order valence-electron chi connectivity index (χ3n) is 6.43. The Bertz CT molecular complexity index is 1480. The second-order valence-corrected chi connectivity index (χ2v) is 10.3. The van der Waals surface area contributed by atoms with Crippen molar-refractivity contribution in [3.63, 3.8) is 0 Å². The molecule has 0 spiro atoms. The fourth-order valence-electron chi connectivity index (χ4n) is 4.40. The highest BCUT2D eigenvalue weighted by Gasteiger charge is 2.48. The van der Waals surface area contributed by atoms with Gasteiger partial charge in [0.2, 0.25) is 0 Å². The van der Waals surface area contributed by atoms with E-state index in [9.17, 15) is 14.7 Å². The molecule has 0 saturated carbocycles. The number of carbonyl (C=O) groups excluding carboxylic acids is 2. The molecule has 1 atom stereocenters. The number of nitrogens with zero attached hydrogens (tertiary/aromatic N) is 2. The van der Waals surface area contributed by atoms with Crippen LogP contribution in [0.1, 0.15) is 53.6 Å². The van der Waals surface area contributed by atoms with Gasteiger partial charge in [0.05, 0.1) is 21.8 Å². The number of fused-ring (bicyclic) bond motifs is 1. The minimum atomic E-state index is -0.779. The minimum Gasteiger partial charge on any atom is -0.507 e. The van der Waals surface area contributed by atoms with Crippen LogP contribution in [0.3, 0.4) is 0 Å². The smallest absolute Gasteiger partial charge is 0.301 e. The molecular formula is C29H26N2O3S. The van der Waals surface area contributed by atoms with Crippen molar-refractivity contribution in [1.82, 2.24) is 4.98 Å². The lowest BCUT2D eigenvalue weighted by molar-refractivity contribution is -0.132. The fourth-order valence-corrected chi connectivity index (χ4v) is 5.49. The van der Waals surface area contributed by atoms with Gasteiger partial charge in [0.15, 0.2) is 5.13 Å². The molecule has 0 bridgehead atoms. The summed E-state index contributed by atoms with van der Waals surface area (Å²) in [7, 11) is 0. The van der Waals surface area contributed by atoms with Crippen LogP contribution in [0, 0.1) is 13.8 Å². The fraction of sp³-hybridized carbons (Fsp3) is 0.207. The van der Waals surface area contributed by atoms with E-state index in [0.717, 1.165) is 32.5 Å². The molecule has 2 heterocycles. The number of aliphatic hydroxyl groups is 1. The van der Waals surface area contributed by atoms with Crippen LogP contribution in [-0.2, 0) is 9.59 Å². The molecule has 5 nitrogen and oxygen atoms in total. The Morgan fingerprint density at radius 2 is 1.60 bits per heavy atom. The van der Waals surface area contributed by atoms with E-state index in [1.54, 1.807) is 12.1 Å². The first-order chi connectivity index (χ1) is 16.7. The Morgan fingerprint density at radius 1 is 0.943 bits per heavy atom. The zero-order chi connectivity index (χ0) is 24.9. The Balaban J connectivity index is 1.71. The lowest BCUT2D eigenvalue weighted by Gasteiger charge is -2.23. The molecule has 1 aromatic heterocycles. The monoisotopic (exact) mass is 482 g/mol. The van der Waals surface area contributed by atoms with E-state index < -0.39 is 17.7 Å². The van der Waals surface area contributed by atoms with Crippen molar-refractivity contribution in [3.05, 3.63) is 100 Å². The van der Waals surface area contributed by atoms with Gasteiger partial charge in [-0.3, -0.25) is 14.5 Å². The zero-order valence-electron chi connectivity index (χ0n) is 20.1. The molecule has 35 heavy (non-hydrogen) atoms. The van der Waals surface area contributed by atoms with Gasteiger partial charge in [-0.2, -0.15) is 0 Å². The van der Waals surface area contributed by atoms with Crippen LogP contribution in [0.4, 0.5) is 5.13 Å². The second kappa shape index (κ2) is 8.78. The standard InChI is InChI=1S/C29H26N2O3S/c1-16(2)19-10-12-20(13-11-19)25-24(26(32)21-8-5-17(3)6-9-21)27(33)28(34)31(25)29-30-22-14-7-18(4)15-23(22)35-29/h5-16,25,32H,1-4H3/b26-24+/t25-/m1/s1. The number of hydrogen-bond donors (Lipinski definition) is 1. The SMILES string of the molecule is Cc1ccc(/C(O)=C2\C(=O)C(=O)N(c3nc4ccc(C)cc4s3)[C@@H]2c2ccc(C(C)C)cc2)cc1. The molecule has 1 saturated heterocycles. The third-order valence-corrected chi connectivity index (χ3v) is 7.44. The maximum atomic E-state index is 13.4. The molecular weight excluding hydrogens is 456 g/mol. The summed E-state index contributed by atoms with van der Waals surface area (Å²) in [5, 5.41) is 11.7. The number of aliphatic hydroxyl groups excluding tert-OH is 1. The number of thiazole rings is 1. The Morgan fingerprint density at radius 3 is 2.26 bits per heavy atom. The second-order valence-electron chi connectivity index (χ2n) is 9.32. The molecule has 0 radical (unpaired) electrons. The molecule has 1 N–H and O–H groups in total. The summed E-state index contributed by atoms with van der Waals surface area (Å²) in [5.41, 5.74) is 5.37. The van der Waals surface area contributed by atoms with Crippen molar-refractivity contribution in [3.8, 4) is 0 Å². The number of hydrogen-bond acceptors (Lipinski definition) is 5. The molecule has 176 valence electrons. The number of benzene rings is 3. The van der Waals surface area contributed by atoms with Gasteiger partial charge in [-0.15, -0.1) is 0 Å². The van der Waals surface area contributed by atoms with E-state index in [1.165, 1.54) is 16.2 Å². The molecule has 4 aromatic rings. The normalized spacial score (nSPS) is 17.6. The summed E-state index contributed by atoms with van der Waals surface area (Å²) in [6.07, 6.45) is 0. The number of Topliss-reactive ketones (excluding diaryl/α,β-unsaturated/α-hetero) is 1. The molecule has 1 fully saturated rings. The number of aryl methyl sites for hydroxylation is 2. The average molecular weight is 483 g/mol. The summed E-state index contributed by atoms with van der Waals surface area (Å²) in [5.74, 6) is -1.24. The molecule has 0 unspecified atom stereocenters. The minimum absolute atomic E-state index is 0.0755. The van der Waals surface area contributed by atoms with E-state index in [1.807, 2.05) is 68.4 Å². The summed E-state index contributed by atoms with van der Waals surface area (Å²) in [4.78, 5) is 32.9. The Kier molecular flexibility index (Phi) is 5.77. The first kappa shape index (κ1) is 23.0. The number of carbonyl (C=O) groups is 2. The third kappa shape index (κ3) is 4.04. The predicted octanol–water partition coefficient (Wildman–Crippen LogP) is 6.66. The van der Waals surface area contributed by atoms with Crippen LogP contribution in [0.25, 0.3) is 16.0 Å². The quantitative estimate of drug-likeness (QED) is 0.200. The predicted molar refractivity (Wildman–Crippen MR) is 141 cm³/mol. The van der Waals surface area contributed by atoms with Gasteiger partial charge in [-0.25, -0.2) is 4.98 Å². The number of ketones is 1. The van der Waals surface area contributed by atoms with Crippen molar-refractivity contribution in [2.45, 2.75) is 39.7 Å². The van der Waals surface area contributed by atoms with Gasteiger partial charge in [-0.05, 0) is 48.6 Å². The first-order valence-electron chi connectivity index (χ1n) is 11.6. The summed E-state index contributed by atoms with van der Waals surface area (Å²) < 4.78 is 0.939. The Hall–Kier alpha value is -3.77. The highest BCUT2D eigenvalue weighted by Crippen LogP contribution is 2.44. The van der Waals surface area contributed by atoms with Crippen molar-refractivity contribution in [2.24, 2.45) is 0 Å². The van der Waals surface area contributed by atoms with Crippen LogP contribution in [-0.4, -0.2) is 21.8 Å². The number of rotatable bonds is 4. The van der Waals surface area contributed by atoms with Crippen LogP contribution in [0.15, 0.2) is 72.3 Å². The summed E-state index contributed by atoms with van der Waals surface area (Å²) >= 11 is 1.37. The lowest BCUT2D eigenvalue weighted by atomic mass is 9.93. The van der Waals surface area contributed by atoms with Crippen LogP contribution < -0.4 is 4.90 Å². The summed E-state index contributed by atoms with van der Waals surface area (Å²) in [6, 6.07) is 20.3. The van der Waals surface area contributed by atoms with Gasteiger partial charge in [0, 0.05) is 5.56 Å². The molecule has 5 rings (SSSR count). The van der Waals surface area contributed by atoms with Gasteiger partial charge < -0.3 is 5.11 Å². The van der Waals surface area contributed by atoms with Gasteiger partial charge >= 0.3 is 5.91 Å². The van der Waals surface area contributed by atoms with Crippen molar-refractivity contribution in [2.75, 3.05) is 4.90 Å². The molecule has 1 aliphatic heterocycles. The summed E-state index contributed by atoms with van der Waals surface area (Å²) in [6.45, 7) is 8.18. The average Bonchev–Trinajstić information content (AvgIpc) is 3.37. The largest absolute Gasteiger partial charge is 0.507 e. The van der Waals surface area contributed by atoms with E-state index >= 15 is 0 Å². The molecule has 3 aromatic carbocycles. The highest BCUT2D eigenvalue weighted by molar-refractivity contribution is 7.22. The van der Waals surface area contributed by atoms with E-state index in [-0.39, 0.29) is 11.3 Å². The maximum Gasteiger partial charge on any atom is 0.301 e. The van der Waals surface area contributed by atoms with Crippen molar-refractivity contribution < 1.29 is 14.7 Å². The molecule has 0 aliphatic carbocycles. The number of amides is 1. The molecule has 6 heteroatoms. The van der Waals surface area contributed by atoms with Crippen molar-refractivity contribution in [1.29, 1.82) is 0 Å². The Labute approximate surface area is 208 Å². The lowest BCUT2D eigenvalue weighted by Crippen LogP contribution is -2.29. The van der Waals surface area contributed by atoms with Gasteiger partial charge in [0.1, 0.15) is 5.76 Å². The van der Waals surface area contributed by atoms with Crippen LogP contribution in [0.5, 0.6) is 0 Å². The van der Waals surface area contributed by atoms with Crippen LogP contribution >= 0.6 is 11.3 Å². The van der Waals surface area contributed by atoms with Gasteiger partial charge in [0.25, 0.3) is 5.78 Å². The number of aromatic nitrogens is 1. The van der Waals surface area contributed by atoms with E-state index in [2.05, 4.69) is 18.8 Å². The van der Waals surface area contributed by atoms with Gasteiger partial charge in [-0.1, -0.05) is 85.3 Å². The first-order valence-corrected chi connectivity index (χ1v) is 12.4. The molecule has 1 aliphatic rings. The topological polar surface area (TPSA) is 70.5 Å². The van der Waals surface area contributed by atoms with Crippen LogP contribution in [0.2, 0.25) is 0 Å². The molecule has 1 amide bonds. The van der Waals surface area contributed by atoms with E-state index in [4.69, 9.17) is 0 Å². The van der Waals surface area contributed by atoms with E-state index in [0.29, 0.717) is 16.6 Å². The highest BCUT2D eigenvalue weighted by atomic mass is 32.1. The van der Waals surface area contributed by atoms with Crippen molar-refractivity contribution >= 4 is 44.1 Å². The maximum absolute atomic E-state index is 13.4. The zero-order valence-corrected chi connectivity index (χ0v) is 20.9. The number of anilines is 1.